The van der Waals surface area contributed by atoms with Crippen molar-refractivity contribution in [3.8, 4) is 0 Å². The molecule has 1 aromatic rings. The van der Waals surface area contributed by atoms with E-state index in [1.165, 1.54) is 4.90 Å². The Hall–Kier alpha value is -1.22. The number of carbonyl (C=O) groups is 1. The molecule has 15 heavy (non-hydrogen) atoms. The van der Waals surface area contributed by atoms with Gasteiger partial charge in [-0.25, -0.2) is 4.79 Å². The number of carbonyl (C=O) groups excluding carboxylic acids is 1. The fraction of sp³-hybridized carbons (Fsp3) is 0.364. The molecule has 0 heterocycles. The van der Waals surface area contributed by atoms with Crippen LogP contribution in [0.5, 0.6) is 0 Å². The maximum Gasteiger partial charge on any atom is 0.409 e. The minimum atomic E-state index is -0.337. The number of alkyl halides is 1. The van der Waals surface area contributed by atoms with Crippen molar-refractivity contribution in [2.75, 3.05) is 14.1 Å². The molecule has 0 saturated carbocycles. The number of halogens is 1. The van der Waals surface area contributed by atoms with Crippen LogP contribution >= 0.6 is 11.6 Å². The lowest BCUT2D eigenvalue weighted by Gasteiger charge is -2.10. The Balaban J connectivity index is 2.47. The second-order valence-corrected chi connectivity index (χ2v) is 3.67. The fourth-order valence-electron chi connectivity index (χ4n) is 0.999. The predicted molar refractivity (Wildman–Crippen MR) is 59.9 cm³/mol. The zero-order chi connectivity index (χ0) is 11.3. The molecule has 0 atom stereocenters. The monoisotopic (exact) mass is 227 g/mol. The summed E-state index contributed by atoms with van der Waals surface area (Å²) in [5, 5.41) is 0. The first-order valence-corrected chi connectivity index (χ1v) is 5.15. The van der Waals surface area contributed by atoms with Crippen LogP contribution in [-0.4, -0.2) is 25.1 Å². The quantitative estimate of drug-likeness (QED) is 0.743. The Morgan fingerprint density at radius 1 is 1.27 bits per heavy atom. The molecule has 0 saturated heterocycles. The average Bonchev–Trinajstić information content (AvgIpc) is 2.26. The molecule has 82 valence electrons. The SMILES string of the molecule is CN(C)C(=O)OCc1ccc(CCl)cc1. The second-order valence-electron chi connectivity index (χ2n) is 3.40. The molecular formula is C11H14ClNO2. The molecule has 0 aliphatic carbocycles. The Morgan fingerprint density at radius 3 is 2.27 bits per heavy atom. The number of hydrogen-bond donors (Lipinski definition) is 0. The van der Waals surface area contributed by atoms with Crippen LogP contribution in [0.1, 0.15) is 11.1 Å². The van der Waals surface area contributed by atoms with E-state index in [1.54, 1.807) is 14.1 Å². The van der Waals surface area contributed by atoms with Crippen LogP contribution in [0.4, 0.5) is 4.79 Å². The molecule has 0 unspecified atom stereocenters. The van der Waals surface area contributed by atoms with Gasteiger partial charge in [0, 0.05) is 20.0 Å². The number of amides is 1. The number of ether oxygens (including phenoxy) is 1. The van der Waals surface area contributed by atoms with Gasteiger partial charge in [-0.2, -0.15) is 0 Å². The van der Waals surface area contributed by atoms with E-state index in [1.807, 2.05) is 24.3 Å². The maximum atomic E-state index is 11.1. The summed E-state index contributed by atoms with van der Waals surface area (Å²) < 4.78 is 5.02. The smallest absolute Gasteiger partial charge is 0.409 e. The zero-order valence-corrected chi connectivity index (χ0v) is 9.62. The molecule has 1 rings (SSSR count). The standard InChI is InChI=1S/C11H14ClNO2/c1-13(2)11(14)15-8-10-5-3-9(7-12)4-6-10/h3-6H,7-8H2,1-2H3. The summed E-state index contributed by atoms with van der Waals surface area (Å²) in [6, 6.07) is 7.65. The highest BCUT2D eigenvalue weighted by atomic mass is 35.5. The minimum absolute atomic E-state index is 0.291. The third kappa shape index (κ3) is 3.80. The summed E-state index contributed by atoms with van der Waals surface area (Å²) in [6.07, 6.45) is -0.337. The number of nitrogens with zero attached hydrogens (tertiary/aromatic N) is 1. The summed E-state index contributed by atoms with van der Waals surface area (Å²) in [7, 11) is 3.30. The largest absolute Gasteiger partial charge is 0.445 e. The topological polar surface area (TPSA) is 29.5 Å². The third-order valence-corrected chi connectivity index (χ3v) is 2.21. The average molecular weight is 228 g/mol. The van der Waals surface area contributed by atoms with Gasteiger partial charge in [-0.3, -0.25) is 0 Å². The van der Waals surface area contributed by atoms with Gasteiger partial charge in [0.05, 0.1) is 0 Å². The van der Waals surface area contributed by atoms with Crippen molar-refractivity contribution in [2.24, 2.45) is 0 Å². The van der Waals surface area contributed by atoms with Gasteiger partial charge in [0.2, 0.25) is 0 Å². The maximum absolute atomic E-state index is 11.1. The van der Waals surface area contributed by atoms with Gasteiger partial charge in [0.25, 0.3) is 0 Å². The molecule has 0 bridgehead atoms. The Bertz CT molecular complexity index is 322. The van der Waals surface area contributed by atoms with Gasteiger partial charge in [-0.1, -0.05) is 24.3 Å². The number of benzene rings is 1. The van der Waals surface area contributed by atoms with Crippen LogP contribution in [0.15, 0.2) is 24.3 Å². The molecule has 0 radical (unpaired) electrons. The summed E-state index contributed by atoms with van der Waals surface area (Å²) in [4.78, 5) is 12.5. The van der Waals surface area contributed by atoms with Crippen molar-refractivity contribution < 1.29 is 9.53 Å². The van der Waals surface area contributed by atoms with E-state index >= 15 is 0 Å². The molecule has 0 aliphatic rings. The lowest BCUT2D eigenvalue weighted by atomic mass is 10.2. The molecule has 0 N–H and O–H groups in total. The molecule has 0 aliphatic heterocycles. The molecule has 3 nitrogen and oxygen atoms in total. The first kappa shape index (κ1) is 11.9. The van der Waals surface area contributed by atoms with Crippen molar-refractivity contribution in [3.05, 3.63) is 35.4 Å². The molecule has 1 aromatic carbocycles. The lowest BCUT2D eigenvalue weighted by Crippen LogP contribution is -2.22. The van der Waals surface area contributed by atoms with Crippen LogP contribution < -0.4 is 0 Å². The lowest BCUT2D eigenvalue weighted by molar-refractivity contribution is 0.112. The van der Waals surface area contributed by atoms with Crippen LogP contribution in [0.25, 0.3) is 0 Å². The van der Waals surface area contributed by atoms with Crippen LogP contribution in [0, 0.1) is 0 Å². The van der Waals surface area contributed by atoms with E-state index in [9.17, 15) is 4.79 Å². The zero-order valence-electron chi connectivity index (χ0n) is 8.87. The molecule has 0 fully saturated rings. The molecule has 4 heteroatoms. The van der Waals surface area contributed by atoms with E-state index < -0.39 is 0 Å². The van der Waals surface area contributed by atoms with E-state index in [0.717, 1.165) is 11.1 Å². The molecule has 0 spiro atoms. The molecular weight excluding hydrogens is 214 g/mol. The first-order valence-electron chi connectivity index (χ1n) is 4.61. The van der Waals surface area contributed by atoms with E-state index in [0.29, 0.717) is 12.5 Å². The van der Waals surface area contributed by atoms with E-state index in [2.05, 4.69) is 0 Å². The Morgan fingerprint density at radius 2 is 1.80 bits per heavy atom. The van der Waals surface area contributed by atoms with Crippen LogP contribution in [0.2, 0.25) is 0 Å². The molecule has 1 amide bonds. The van der Waals surface area contributed by atoms with Gasteiger partial charge in [-0.05, 0) is 11.1 Å². The minimum Gasteiger partial charge on any atom is -0.445 e. The predicted octanol–water partition coefficient (Wildman–Crippen LogP) is 2.62. The van der Waals surface area contributed by atoms with Gasteiger partial charge >= 0.3 is 6.09 Å². The Kier molecular flexibility index (Phi) is 4.43. The van der Waals surface area contributed by atoms with Crippen molar-refractivity contribution in [1.82, 2.24) is 4.90 Å². The van der Waals surface area contributed by atoms with Gasteiger partial charge in [0.1, 0.15) is 6.61 Å². The summed E-state index contributed by atoms with van der Waals surface area (Å²) in [5.74, 6) is 0.498. The van der Waals surface area contributed by atoms with Crippen molar-refractivity contribution in [3.63, 3.8) is 0 Å². The van der Waals surface area contributed by atoms with Crippen molar-refractivity contribution >= 4 is 17.7 Å². The number of hydrogen-bond acceptors (Lipinski definition) is 2. The normalized spacial score (nSPS) is 9.80. The summed E-state index contributed by atoms with van der Waals surface area (Å²) in [5.41, 5.74) is 2.01. The van der Waals surface area contributed by atoms with Gasteiger partial charge in [0.15, 0.2) is 0 Å². The Labute approximate surface area is 94.6 Å². The van der Waals surface area contributed by atoms with E-state index in [4.69, 9.17) is 16.3 Å². The van der Waals surface area contributed by atoms with Crippen LogP contribution in [0.3, 0.4) is 0 Å². The summed E-state index contributed by atoms with van der Waals surface area (Å²) >= 11 is 5.66. The summed E-state index contributed by atoms with van der Waals surface area (Å²) in [6.45, 7) is 0.291. The highest BCUT2D eigenvalue weighted by Gasteiger charge is 2.04. The second kappa shape index (κ2) is 5.61. The van der Waals surface area contributed by atoms with Gasteiger partial charge in [-0.15, -0.1) is 11.6 Å². The van der Waals surface area contributed by atoms with Crippen LogP contribution in [-0.2, 0) is 17.2 Å². The third-order valence-electron chi connectivity index (χ3n) is 1.90. The van der Waals surface area contributed by atoms with E-state index in [-0.39, 0.29) is 6.09 Å². The van der Waals surface area contributed by atoms with Crippen molar-refractivity contribution in [2.45, 2.75) is 12.5 Å². The first-order chi connectivity index (χ1) is 7.13. The van der Waals surface area contributed by atoms with Crippen molar-refractivity contribution in [1.29, 1.82) is 0 Å². The molecule has 0 aromatic heterocycles. The highest BCUT2D eigenvalue weighted by Crippen LogP contribution is 2.08. The fourth-order valence-corrected chi connectivity index (χ4v) is 1.18. The number of rotatable bonds is 3. The highest BCUT2D eigenvalue weighted by molar-refractivity contribution is 6.17. The van der Waals surface area contributed by atoms with Gasteiger partial charge < -0.3 is 9.64 Å².